The molecule has 0 aliphatic carbocycles. The number of pyridine rings is 3. The van der Waals surface area contributed by atoms with E-state index < -0.39 is 11.3 Å². The van der Waals surface area contributed by atoms with E-state index in [-0.39, 0.29) is 0 Å². The molecule has 6 rings (SSSR count). The zero-order valence-electron chi connectivity index (χ0n) is 24.3. The van der Waals surface area contributed by atoms with E-state index in [9.17, 15) is 0 Å². The van der Waals surface area contributed by atoms with E-state index in [4.69, 9.17) is 20.7 Å². The highest BCUT2D eigenvalue weighted by molar-refractivity contribution is 6.08. The monoisotopic (exact) mass is 512 g/mol. The first kappa shape index (κ1) is 23.8. The minimum Gasteiger partial charge on any atom is -0.437 e. The third kappa shape index (κ3) is 4.50. The number of hydrogen-bond acceptors (Lipinski definition) is 4. The number of benzene rings is 2. The highest BCUT2D eigenvalue weighted by Crippen LogP contribution is 2.38. The summed E-state index contributed by atoms with van der Waals surface area (Å²) >= 11 is 0. The normalized spacial score (nSPS) is 12.7. The van der Waals surface area contributed by atoms with Crippen LogP contribution in [0, 0.1) is 13.8 Å². The standard InChI is InChI=1S/C35H33N3O/c1-21(2)28-16-15-26-25-13-10-14-27(33(25)39-34(26)38-28)30-18-23(4)20-32(37-30)35(5,6)31-19-22(3)17-29(36-31)24-11-8-7-9-12-24/h7-21H,1-6H3/i21D. The molecule has 6 aromatic rings. The second-order valence-electron chi connectivity index (χ2n) is 11.2. The summed E-state index contributed by atoms with van der Waals surface area (Å²) in [5.41, 5.74) is 9.60. The molecule has 0 bridgehead atoms. The number of rotatable bonds is 5. The van der Waals surface area contributed by atoms with Gasteiger partial charge in [0.2, 0.25) is 5.71 Å². The van der Waals surface area contributed by atoms with Gasteiger partial charge in [-0.05, 0) is 87.2 Å². The maximum Gasteiger partial charge on any atom is 0.227 e. The Morgan fingerprint density at radius 2 is 1.38 bits per heavy atom. The molecule has 0 aliphatic heterocycles. The van der Waals surface area contributed by atoms with Gasteiger partial charge < -0.3 is 4.42 Å². The summed E-state index contributed by atoms with van der Waals surface area (Å²) in [5.74, 6) is -0.807. The van der Waals surface area contributed by atoms with Crippen LogP contribution < -0.4 is 0 Å². The van der Waals surface area contributed by atoms with Crippen molar-refractivity contribution in [2.24, 2.45) is 0 Å². The molecule has 0 radical (unpaired) electrons. The van der Waals surface area contributed by atoms with Gasteiger partial charge in [0.1, 0.15) is 5.58 Å². The zero-order valence-corrected chi connectivity index (χ0v) is 23.3. The van der Waals surface area contributed by atoms with E-state index in [0.717, 1.165) is 55.8 Å². The number of furan rings is 1. The van der Waals surface area contributed by atoms with Crippen LogP contribution in [-0.2, 0) is 5.41 Å². The van der Waals surface area contributed by atoms with Crippen molar-refractivity contribution in [3.63, 3.8) is 0 Å². The summed E-state index contributed by atoms with van der Waals surface area (Å²) in [7, 11) is 0. The van der Waals surface area contributed by atoms with E-state index >= 15 is 0 Å². The molecule has 0 saturated heterocycles. The van der Waals surface area contributed by atoms with Crippen molar-refractivity contribution in [3.8, 4) is 22.5 Å². The average Bonchev–Trinajstić information content (AvgIpc) is 3.30. The molecule has 0 atom stereocenters. The van der Waals surface area contributed by atoms with E-state index in [0.29, 0.717) is 11.4 Å². The topological polar surface area (TPSA) is 51.8 Å². The van der Waals surface area contributed by atoms with E-state index in [1.807, 2.05) is 50.2 Å². The molecule has 4 heterocycles. The van der Waals surface area contributed by atoms with Crippen molar-refractivity contribution in [1.29, 1.82) is 0 Å². The number of aromatic nitrogens is 3. The fourth-order valence-corrected chi connectivity index (χ4v) is 5.16. The van der Waals surface area contributed by atoms with Crippen molar-refractivity contribution < 1.29 is 5.79 Å². The molecule has 0 unspecified atom stereocenters. The van der Waals surface area contributed by atoms with Gasteiger partial charge in [-0.15, -0.1) is 0 Å². The Kier molecular flexibility index (Phi) is 5.77. The lowest BCUT2D eigenvalue weighted by molar-refractivity contribution is 0.595. The van der Waals surface area contributed by atoms with Gasteiger partial charge in [0.15, 0.2) is 0 Å². The second kappa shape index (κ2) is 9.46. The molecule has 0 fully saturated rings. The molecular weight excluding hydrogens is 478 g/mol. The van der Waals surface area contributed by atoms with E-state index in [2.05, 4.69) is 76.2 Å². The summed E-state index contributed by atoms with van der Waals surface area (Å²) in [5, 5.41) is 1.93. The quantitative estimate of drug-likeness (QED) is 0.231. The van der Waals surface area contributed by atoms with E-state index in [1.165, 1.54) is 5.56 Å². The predicted octanol–water partition coefficient (Wildman–Crippen LogP) is 9.17. The third-order valence-electron chi connectivity index (χ3n) is 7.44. The lowest BCUT2D eigenvalue weighted by Crippen LogP contribution is -2.23. The highest BCUT2D eigenvalue weighted by atomic mass is 16.3. The van der Waals surface area contributed by atoms with Crippen LogP contribution in [0.4, 0.5) is 0 Å². The van der Waals surface area contributed by atoms with Gasteiger partial charge in [0.05, 0.1) is 22.8 Å². The number of hydrogen-bond donors (Lipinski definition) is 0. The molecule has 4 aromatic heterocycles. The number of fused-ring (bicyclic) bond motifs is 3. The Balaban J connectivity index is 1.48. The van der Waals surface area contributed by atoms with Gasteiger partial charge in [0, 0.05) is 34.4 Å². The maximum absolute atomic E-state index is 8.39. The molecule has 4 heteroatoms. The first-order valence-electron chi connectivity index (χ1n) is 13.9. The van der Waals surface area contributed by atoms with Crippen LogP contribution in [0.25, 0.3) is 44.6 Å². The fourth-order valence-electron chi connectivity index (χ4n) is 5.16. The number of aryl methyl sites for hydroxylation is 2. The van der Waals surface area contributed by atoms with Crippen LogP contribution >= 0.6 is 0 Å². The maximum atomic E-state index is 8.39. The first-order chi connectivity index (χ1) is 19.0. The van der Waals surface area contributed by atoms with Gasteiger partial charge in [-0.2, -0.15) is 0 Å². The lowest BCUT2D eigenvalue weighted by Gasteiger charge is -2.26. The molecular formula is C35H33N3O. The van der Waals surface area contributed by atoms with Crippen LogP contribution in [-0.4, -0.2) is 15.0 Å². The van der Waals surface area contributed by atoms with Crippen LogP contribution in [0.2, 0.25) is 0 Å². The predicted molar refractivity (Wildman–Crippen MR) is 160 cm³/mol. The van der Waals surface area contributed by atoms with Crippen molar-refractivity contribution in [2.75, 3.05) is 0 Å². The van der Waals surface area contributed by atoms with Crippen molar-refractivity contribution in [1.82, 2.24) is 15.0 Å². The minimum absolute atomic E-state index is 0.436. The van der Waals surface area contributed by atoms with Gasteiger partial charge in [-0.25, -0.2) is 4.98 Å². The van der Waals surface area contributed by atoms with Crippen LogP contribution in [0.5, 0.6) is 0 Å². The summed E-state index contributed by atoms with van der Waals surface area (Å²) in [6.45, 7) is 12.3. The molecule has 0 N–H and O–H groups in total. The van der Waals surface area contributed by atoms with Crippen LogP contribution in [0.3, 0.4) is 0 Å². The van der Waals surface area contributed by atoms with Crippen LogP contribution in [0.15, 0.2) is 89.3 Å². The van der Waals surface area contributed by atoms with Crippen molar-refractivity contribution in [2.45, 2.75) is 52.9 Å². The van der Waals surface area contributed by atoms with E-state index in [1.54, 1.807) is 0 Å². The summed E-state index contributed by atoms with van der Waals surface area (Å²) in [6.07, 6.45) is 0. The molecule has 0 amide bonds. The number of para-hydroxylation sites is 1. The molecule has 0 saturated carbocycles. The third-order valence-corrected chi connectivity index (χ3v) is 7.44. The molecule has 39 heavy (non-hydrogen) atoms. The fraction of sp³-hybridized carbons (Fsp3) is 0.229. The smallest absolute Gasteiger partial charge is 0.227 e. The molecule has 194 valence electrons. The summed E-state index contributed by atoms with van der Waals surface area (Å²) < 4.78 is 14.7. The second-order valence-corrected chi connectivity index (χ2v) is 11.2. The highest BCUT2D eigenvalue weighted by Gasteiger charge is 2.28. The molecule has 0 spiro atoms. The molecule has 2 aromatic carbocycles. The Labute approximate surface area is 231 Å². The van der Waals surface area contributed by atoms with Crippen molar-refractivity contribution >= 4 is 22.1 Å². The number of nitrogens with zero attached hydrogens (tertiary/aromatic N) is 3. The molecule has 0 aliphatic rings. The summed E-state index contributed by atoms with van der Waals surface area (Å²) in [6, 6.07) is 28.9. The SMILES string of the molecule is [2H]C(C)(C)c1ccc2c(n1)oc1c(-c3cc(C)cc(C(C)(C)c4cc(C)cc(-c5ccccc5)n4)n3)cccc12. The minimum atomic E-state index is -0.807. The van der Waals surface area contributed by atoms with Gasteiger partial charge in [-0.1, -0.05) is 56.3 Å². The molecule has 4 nitrogen and oxygen atoms in total. The lowest BCUT2D eigenvalue weighted by atomic mass is 9.83. The zero-order chi connectivity index (χ0) is 28.2. The first-order valence-corrected chi connectivity index (χ1v) is 13.4. The average molecular weight is 513 g/mol. The Morgan fingerprint density at radius 3 is 2.08 bits per heavy atom. The Morgan fingerprint density at radius 1 is 0.718 bits per heavy atom. The Hall–Kier alpha value is -4.31. The largest absolute Gasteiger partial charge is 0.437 e. The van der Waals surface area contributed by atoms with Crippen LogP contribution in [0.1, 0.15) is 63.2 Å². The van der Waals surface area contributed by atoms with Gasteiger partial charge >= 0.3 is 0 Å². The van der Waals surface area contributed by atoms with Gasteiger partial charge in [0.25, 0.3) is 0 Å². The van der Waals surface area contributed by atoms with Crippen molar-refractivity contribution in [3.05, 3.63) is 113 Å². The Bertz CT molecular complexity index is 1880. The van der Waals surface area contributed by atoms with Gasteiger partial charge in [-0.3, -0.25) is 9.97 Å². The summed E-state index contributed by atoms with van der Waals surface area (Å²) in [4.78, 5) is 15.0.